The molecule has 0 radical (unpaired) electrons. The molecule has 1 N–H and O–H groups in total. The quantitative estimate of drug-likeness (QED) is 0.847. The third kappa shape index (κ3) is 3.51. The summed E-state index contributed by atoms with van der Waals surface area (Å²) in [7, 11) is 1.58. The van der Waals surface area contributed by atoms with Crippen molar-refractivity contribution in [3.8, 4) is 0 Å². The molecule has 0 saturated heterocycles. The maximum Gasteiger partial charge on any atom is 0.391 e. The van der Waals surface area contributed by atoms with Crippen molar-refractivity contribution in [1.29, 1.82) is 0 Å². The minimum Gasteiger partial charge on any atom is -0.383 e. The minimum atomic E-state index is -4.13. The van der Waals surface area contributed by atoms with Crippen molar-refractivity contribution >= 4 is 11.3 Å². The molecule has 1 fully saturated rings. The zero-order valence-electron chi connectivity index (χ0n) is 11.4. The van der Waals surface area contributed by atoms with E-state index in [4.69, 9.17) is 4.74 Å². The van der Waals surface area contributed by atoms with Crippen LogP contribution < -0.4 is 5.32 Å². The van der Waals surface area contributed by atoms with E-state index in [-0.39, 0.29) is 12.8 Å². The average Bonchev–Trinajstić information content (AvgIpc) is 2.93. The van der Waals surface area contributed by atoms with Gasteiger partial charge in [0, 0.05) is 25.2 Å². The predicted molar refractivity (Wildman–Crippen MR) is 71.7 cm³/mol. The van der Waals surface area contributed by atoms with Gasteiger partial charge in [-0.05, 0) is 19.3 Å². The van der Waals surface area contributed by atoms with E-state index in [1.807, 2.05) is 5.38 Å². The molecule has 2 rings (SSSR count). The lowest BCUT2D eigenvalue weighted by molar-refractivity contribution is -0.189. The number of nitrogens with one attached hydrogen (secondary N) is 1. The highest BCUT2D eigenvalue weighted by molar-refractivity contribution is 7.09. The molecule has 2 atom stereocenters. The van der Waals surface area contributed by atoms with Crippen LogP contribution in [0.2, 0.25) is 0 Å². The lowest BCUT2D eigenvalue weighted by Gasteiger charge is -2.41. The lowest BCUT2D eigenvalue weighted by Crippen LogP contribution is -2.49. The van der Waals surface area contributed by atoms with Gasteiger partial charge in [-0.25, -0.2) is 4.98 Å². The molecule has 1 saturated carbocycles. The highest BCUT2D eigenvalue weighted by Gasteiger charge is 2.49. The molecule has 0 spiro atoms. The molecule has 1 heterocycles. The molecule has 1 aliphatic carbocycles. The summed E-state index contributed by atoms with van der Waals surface area (Å²) in [6.45, 7) is 1.00. The van der Waals surface area contributed by atoms with E-state index in [0.29, 0.717) is 26.0 Å². The molecule has 20 heavy (non-hydrogen) atoms. The first-order chi connectivity index (χ1) is 9.48. The first-order valence-electron chi connectivity index (χ1n) is 6.68. The molecule has 1 aromatic rings. The second-order valence-electron chi connectivity index (χ2n) is 5.17. The van der Waals surface area contributed by atoms with Crippen molar-refractivity contribution in [1.82, 2.24) is 10.3 Å². The van der Waals surface area contributed by atoms with Crippen LogP contribution in [-0.4, -0.2) is 31.4 Å². The van der Waals surface area contributed by atoms with Crippen LogP contribution in [0.5, 0.6) is 0 Å². The molecule has 7 heteroatoms. The highest BCUT2D eigenvalue weighted by atomic mass is 32.1. The maximum absolute atomic E-state index is 13.0. The Labute approximate surface area is 120 Å². The molecule has 0 aromatic carbocycles. The predicted octanol–water partition coefficient (Wildman–Crippen LogP) is 3.33. The van der Waals surface area contributed by atoms with Gasteiger partial charge in [-0.3, -0.25) is 0 Å². The Balaban J connectivity index is 2.18. The molecule has 1 aliphatic rings. The van der Waals surface area contributed by atoms with Gasteiger partial charge < -0.3 is 10.1 Å². The van der Waals surface area contributed by atoms with Crippen molar-refractivity contribution in [3.05, 3.63) is 16.6 Å². The van der Waals surface area contributed by atoms with Crippen LogP contribution in [0.1, 0.15) is 30.7 Å². The van der Waals surface area contributed by atoms with Gasteiger partial charge >= 0.3 is 6.18 Å². The Morgan fingerprint density at radius 3 is 2.95 bits per heavy atom. The molecule has 0 amide bonds. The van der Waals surface area contributed by atoms with Crippen LogP contribution in [-0.2, 0) is 10.3 Å². The average molecular weight is 308 g/mol. The fourth-order valence-corrected chi connectivity index (χ4v) is 3.69. The van der Waals surface area contributed by atoms with Gasteiger partial charge in [0.05, 0.1) is 18.1 Å². The first kappa shape index (κ1) is 15.7. The third-order valence-electron chi connectivity index (χ3n) is 3.83. The molecule has 0 aliphatic heterocycles. The van der Waals surface area contributed by atoms with Crippen LogP contribution in [0.4, 0.5) is 13.2 Å². The Morgan fingerprint density at radius 2 is 2.35 bits per heavy atom. The standard InChI is InChI=1S/C13H19F3N2OS/c1-19-7-5-18-12(11-17-6-8-20-11)4-2-3-10(9-12)13(14,15)16/h6,8,10,18H,2-5,7,9H2,1H3. The lowest BCUT2D eigenvalue weighted by atomic mass is 9.75. The third-order valence-corrected chi connectivity index (χ3v) is 4.80. The van der Waals surface area contributed by atoms with E-state index in [1.165, 1.54) is 11.3 Å². The van der Waals surface area contributed by atoms with E-state index in [1.54, 1.807) is 13.3 Å². The number of rotatable bonds is 5. The van der Waals surface area contributed by atoms with Crippen molar-refractivity contribution in [2.45, 2.75) is 37.4 Å². The number of hydrogen-bond acceptors (Lipinski definition) is 4. The van der Waals surface area contributed by atoms with Crippen LogP contribution in [0.25, 0.3) is 0 Å². The Morgan fingerprint density at radius 1 is 1.55 bits per heavy atom. The fourth-order valence-electron chi connectivity index (χ4n) is 2.84. The first-order valence-corrected chi connectivity index (χ1v) is 7.56. The summed E-state index contributed by atoms with van der Waals surface area (Å²) < 4.78 is 44.1. The molecule has 114 valence electrons. The van der Waals surface area contributed by atoms with E-state index >= 15 is 0 Å². The SMILES string of the molecule is COCCNC1(c2nccs2)CCCC(C(F)(F)F)C1. The molecular formula is C13H19F3N2OS. The van der Waals surface area contributed by atoms with E-state index in [9.17, 15) is 13.2 Å². The van der Waals surface area contributed by atoms with Gasteiger partial charge in [-0.2, -0.15) is 13.2 Å². The topological polar surface area (TPSA) is 34.1 Å². The second-order valence-corrected chi connectivity index (χ2v) is 6.07. The highest BCUT2D eigenvalue weighted by Crippen LogP contribution is 2.46. The monoisotopic (exact) mass is 308 g/mol. The maximum atomic E-state index is 13.0. The van der Waals surface area contributed by atoms with Gasteiger partial charge in [0.1, 0.15) is 5.01 Å². The molecule has 2 unspecified atom stereocenters. The van der Waals surface area contributed by atoms with E-state index in [0.717, 1.165) is 5.01 Å². The Kier molecular flexibility index (Phi) is 5.04. The van der Waals surface area contributed by atoms with Crippen LogP contribution in [0, 0.1) is 5.92 Å². The van der Waals surface area contributed by atoms with Crippen LogP contribution in [0.3, 0.4) is 0 Å². The van der Waals surface area contributed by atoms with E-state index < -0.39 is 17.6 Å². The van der Waals surface area contributed by atoms with Crippen molar-refractivity contribution < 1.29 is 17.9 Å². The summed E-state index contributed by atoms with van der Waals surface area (Å²) in [5.41, 5.74) is -0.662. The summed E-state index contributed by atoms with van der Waals surface area (Å²) in [5, 5.41) is 5.83. The Hall–Kier alpha value is -0.660. The number of methoxy groups -OCH3 is 1. The normalized spacial score (nSPS) is 27.7. The van der Waals surface area contributed by atoms with Crippen molar-refractivity contribution in [2.24, 2.45) is 5.92 Å². The number of halogens is 3. The fraction of sp³-hybridized carbons (Fsp3) is 0.769. The van der Waals surface area contributed by atoms with Gasteiger partial charge in [-0.1, -0.05) is 6.42 Å². The van der Waals surface area contributed by atoms with E-state index in [2.05, 4.69) is 10.3 Å². The summed E-state index contributed by atoms with van der Waals surface area (Å²) in [5.74, 6) is -1.25. The van der Waals surface area contributed by atoms with Gasteiger partial charge in [0.15, 0.2) is 0 Å². The summed E-state index contributed by atoms with van der Waals surface area (Å²) in [4.78, 5) is 4.26. The zero-order valence-corrected chi connectivity index (χ0v) is 12.2. The number of nitrogens with zero attached hydrogens (tertiary/aromatic N) is 1. The molecule has 3 nitrogen and oxygen atoms in total. The number of aromatic nitrogens is 1. The summed E-state index contributed by atoms with van der Waals surface area (Å²) >= 11 is 1.42. The second kappa shape index (κ2) is 6.41. The van der Waals surface area contributed by atoms with Gasteiger partial charge in [-0.15, -0.1) is 11.3 Å². The smallest absolute Gasteiger partial charge is 0.383 e. The Bertz CT molecular complexity index is 410. The van der Waals surface area contributed by atoms with Gasteiger partial charge in [0.25, 0.3) is 0 Å². The van der Waals surface area contributed by atoms with Gasteiger partial charge in [0.2, 0.25) is 0 Å². The van der Waals surface area contributed by atoms with Crippen LogP contribution in [0.15, 0.2) is 11.6 Å². The largest absolute Gasteiger partial charge is 0.391 e. The van der Waals surface area contributed by atoms with Crippen LogP contribution >= 0.6 is 11.3 Å². The number of hydrogen-bond donors (Lipinski definition) is 1. The number of ether oxygens (including phenoxy) is 1. The zero-order chi connectivity index (χ0) is 14.6. The van der Waals surface area contributed by atoms with Crippen molar-refractivity contribution in [2.75, 3.05) is 20.3 Å². The molecule has 0 bridgehead atoms. The molecular weight excluding hydrogens is 289 g/mol. The number of thiazole rings is 1. The summed E-state index contributed by atoms with van der Waals surface area (Å²) in [6.07, 6.45) is -0.959. The number of alkyl halides is 3. The van der Waals surface area contributed by atoms with Crippen molar-refractivity contribution in [3.63, 3.8) is 0 Å². The summed E-state index contributed by atoms with van der Waals surface area (Å²) in [6, 6.07) is 0. The minimum absolute atomic E-state index is 0.0632. The molecule has 1 aromatic heterocycles.